The zero-order valence-electron chi connectivity index (χ0n) is 5.24. The van der Waals surface area contributed by atoms with Crippen LogP contribution in [0.4, 0.5) is 0 Å². The third-order valence-corrected chi connectivity index (χ3v) is 1.71. The zero-order chi connectivity index (χ0) is 7.14. The van der Waals surface area contributed by atoms with Gasteiger partial charge in [0.05, 0.1) is 0 Å². The average Bonchev–Trinajstić information content (AvgIpc) is 2.41. The van der Waals surface area contributed by atoms with Crippen molar-refractivity contribution in [2.24, 2.45) is 0 Å². The second-order valence-electron chi connectivity index (χ2n) is 2.34. The first-order valence-corrected chi connectivity index (χ1v) is 3.12. The standard InChI is InChI=1S/C5H7N3O2/c9-3-1-2-8-4(3)6-7-5(8)10/h3,9H,1-2H2,(H,7,10). The van der Waals surface area contributed by atoms with Crippen LogP contribution in [0.5, 0.6) is 0 Å². The quantitative estimate of drug-likeness (QED) is 0.487. The van der Waals surface area contributed by atoms with Gasteiger partial charge in [-0.1, -0.05) is 0 Å². The molecular weight excluding hydrogens is 134 g/mol. The van der Waals surface area contributed by atoms with E-state index < -0.39 is 6.10 Å². The van der Waals surface area contributed by atoms with Crippen molar-refractivity contribution in [1.82, 2.24) is 14.8 Å². The van der Waals surface area contributed by atoms with Crippen LogP contribution in [0.25, 0.3) is 0 Å². The van der Waals surface area contributed by atoms with Crippen LogP contribution in [-0.2, 0) is 6.54 Å². The molecule has 0 aromatic carbocycles. The van der Waals surface area contributed by atoms with E-state index in [1.54, 1.807) is 0 Å². The molecule has 1 aliphatic rings. The molecule has 54 valence electrons. The normalized spacial score (nSPS) is 23.1. The Kier molecular flexibility index (Phi) is 0.960. The Bertz CT molecular complexity index is 300. The summed E-state index contributed by atoms with van der Waals surface area (Å²) in [6.45, 7) is 0.575. The number of aliphatic hydroxyl groups excluding tert-OH is 1. The number of aromatic nitrogens is 3. The van der Waals surface area contributed by atoms with Crippen molar-refractivity contribution in [3.63, 3.8) is 0 Å². The summed E-state index contributed by atoms with van der Waals surface area (Å²) in [5.74, 6) is 0.463. The lowest BCUT2D eigenvalue weighted by Gasteiger charge is -1.92. The van der Waals surface area contributed by atoms with E-state index in [4.69, 9.17) is 5.11 Å². The number of nitrogens with one attached hydrogen (secondary N) is 1. The highest BCUT2D eigenvalue weighted by Gasteiger charge is 2.23. The first-order valence-electron chi connectivity index (χ1n) is 3.12. The lowest BCUT2D eigenvalue weighted by atomic mass is 10.3. The summed E-state index contributed by atoms with van der Waals surface area (Å²) >= 11 is 0. The SMILES string of the molecule is O=c1[nH]nc2n1CCC2O. The Morgan fingerprint density at radius 1 is 1.80 bits per heavy atom. The molecule has 10 heavy (non-hydrogen) atoms. The maximum absolute atomic E-state index is 10.8. The second-order valence-corrected chi connectivity index (χ2v) is 2.34. The van der Waals surface area contributed by atoms with Crippen LogP contribution in [0.1, 0.15) is 18.3 Å². The molecule has 0 spiro atoms. The van der Waals surface area contributed by atoms with Gasteiger partial charge in [0.15, 0.2) is 5.82 Å². The molecule has 0 aliphatic carbocycles. The van der Waals surface area contributed by atoms with E-state index in [9.17, 15) is 4.79 Å². The van der Waals surface area contributed by atoms with Gasteiger partial charge in [-0.05, 0) is 6.42 Å². The Balaban J connectivity index is 2.63. The van der Waals surface area contributed by atoms with Gasteiger partial charge in [-0.3, -0.25) is 4.57 Å². The lowest BCUT2D eigenvalue weighted by Crippen LogP contribution is -2.14. The van der Waals surface area contributed by atoms with E-state index in [0.29, 0.717) is 18.8 Å². The Morgan fingerprint density at radius 3 is 3.30 bits per heavy atom. The zero-order valence-corrected chi connectivity index (χ0v) is 5.24. The molecule has 1 atom stereocenters. The number of nitrogens with zero attached hydrogens (tertiary/aromatic N) is 2. The molecule has 5 nitrogen and oxygen atoms in total. The van der Waals surface area contributed by atoms with Crippen LogP contribution in [0.2, 0.25) is 0 Å². The van der Waals surface area contributed by atoms with E-state index >= 15 is 0 Å². The van der Waals surface area contributed by atoms with Gasteiger partial charge in [0.2, 0.25) is 0 Å². The van der Waals surface area contributed by atoms with Gasteiger partial charge in [0, 0.05) is 6.54 Å². The third-order valence-electron chi connectivity index (χ3n) is 1.71. The molecule has 1 aromatic heterocycles. The monoisotopic (exact) mass is 141 g/mol. The van der Waals surface area contributed by atoms with Gasteiger partial charge in [0.1, 0.15) is 6.10 Å². The summed E-state index contributed by atoms with van der Waals surface area (Å²) in [6.07, 6.45) is 0.0469. The number of hydrogen-bond acceptors (Lipinski definition) is 3. The lowest BCUT2D eigenvalue weighted by molar-refractivity contribution is 0.175. The molecule has 2 N–H and O–H groups in total. The Hall–Kier alpha value is -1.10. The number of hydrogen-bond donors (Lipinski definition) is 2. The number of aliphatic hydroxyl groups is 1. The van der Waals surface area contributed by atoms with Crippen LogP contribution in [0.3, 0.4) is 0 Å². The average molecular weight is 141 g/mol. The first-order chi connectivity index (χ1) is 4.79. The molecule has 2 heterocycles. The maximum atomic E-state index is 10.8. The third kappa shape index (κ3) is 0.550. The molecule has 0 saturated carbocycles. The van der Waals surface area contributed by atoms with E-state index in [0.717, 1.165) is 0 Å². The molecule has 1 aliphatic heterocycles. The largest absolute Gasteiger partial charge is 0.385 e. The van der Waals surface area contributed by atoms with Crippen molar-refractivity contribution < 1.29 is 5.11 Å². The number of rotatable bonds is 0. The highest BCUT2D eigenvalue weighted by molar-refractivity contribution is 4.96. The van der Waals surface area contributed by atoms with Crippen molar-refractivity contribution >= 4 is 0 Å². The summed E-state index contributed by atoms with van der Waals surface area (Å²) in [4.78, 5) is 10.8. The molecule has 1 aromatic rings. The van der Waals surface area contributed by atoms with E-state index in [-0.39, 0.29) is 5.69 Å². The van der Waals surface area contributed by atoms with Gasteiger partial charge >= 0.3 is 5.69 Å². The minimum atomic E-state index is -0.557. The van der Waals surface area contributed by atoms with E-state index in [2.05, 4.69) is 10.2 Å². The van der Waals surface area contributed by atoms with Crippen LogP contribution in [0.15, 0.2) is 4.79 Å². The molecule has 0 saturated heterocycles. The fourth-order valence-electron chi connectivity index (χ4n) is 1.18. The highest BCUT2D eigenvalue weighted by atomic mass is 16.3. The molecule has 5 heteroatoms. The fraction of sp³-hybridized carbons (Fsp3) is 0.600. The van der Waals surface area contributed by atoms with Crippen LogP contribution < -0.4 is 5.69 Å². The minimum Gasteiger partial charge on any atom is -0.385 e. The summed E-state index contributed by atoms with van der Waals surface area (Å²) in [5.41, 5.74) is -0.230. The minimum absolute atomic E-state index is 0.230. The molecule has 2 rings (SSSR count). The predicted octanol–water partition coefficient (Wildman–Crippen LogP) is -0.992. The molecule has 0 radical (unpaired) electrons. The van der Waals surface area contributed by atoms with Crippen molar-refractivity contribution in [1.29, 1.82) is 0 Å². The first kappa shape index (κ1) is 5.67. The summed E-state index contributed by atoms with van der Waals surface area (Å²) in [5, 5.41) is 15.1. The molecular formula is C5H7N3O2. The fourth-order valence-corrected chi connectivity index (χ4v) is 1.18. The van der Waals surface area contributed by atoms with Crippen molar-refractivity contribution in [3.8, 4) is 0 Å². The summed E-state index contributed by atoms with van der Waals surface area (Å²) < 4.78 is 1.45. The maximum Gasteiger partial charge on any atom is 0.343 e. The molecule has 0 bridgehead atoms. The second kappa shape index (κ2) is 1.69. The number of fused-ring (bicyclic) bond motifs is 1. The molecule has 0 fully saturated rings. The predicted molar refractivity (Wildman–Crippen MR) is 32.4 cm³/mol. The highest BCUT2D eigenvalue weighted by Crippen LogP contribution is 2.19. The van der Waals surface area contributed by atoms with Crippen molar-refractivity contribution in [3.05, 3.63) is 16.3 Å². The van der Waals surface area contributed by atoms with Gasteiger partial charge < -0.3 is 5.11 Å². The summed E-state index contributed by atoms with van der Waals surface area (Å²) in [6, 6.07) is 0. The Labute approximate surface area is 56.3 Å². The van der Waals surface area contributed by atoms with Crippen LogP contribution in [-0.4, -0.2) is 19.9 Å². The number of H-pyrrole nitrogens is 1. The van der Waals surface area contributed by atoms with E-state index in [1.165, 1.54) is 4.57 Å². The van der Waals surface area contributed by atoms with Crippen LogP contribution in [0, 0.1) is 0 Å². The smallest absolute Gasteiger partial charge is 0.343 e. The van der Waals surface area contributed by atoms with Crippen molar-refractivity contribution in [2.45, 2.75) is 19.1 Å². The van der Waals surface area contributed by atoms with Gasteiger partial charge in [-0.25, -0.2) is 9.89 Å². The van der Waals surface area contributed by atoms with Gasteiger partial charge in [-0.2, -0.15) is 5.10 Å². The summed E-state index contributed by atoms with van der Waals surface area (Å²) in [7, 11) is 0. The van der Waals surface area contributed by atoms with E-state index in [1.807, 2.05) is 0 Å². The van der Waals surface area contributed by atoms with Crippen molar-refractivity contribution in [2.75, 3.05) is 0 Å². The topological polar surface area (TPSA) is 70.9 Å². The van der Waals surface area contributed by atoms with Gasteiger partial charge in [-0.15, -0.1) is 0 Å². The number of aromatic amines is 1. The van der Waals surface area contributed by atoms with Crippen LogP contribution >= 0.6 is 0 Å². The van der Waals surface area contributed by atoms with Gasteiger partial charge in [0.25, 0.3) is 0 Å². The molecule has 0 amide bonds. The molecule has 1 unspecified atom stereocenters. The Morgan fingerprint density at radius 2 is 2.60 bits per heavy atom.